The van der Waals surface area contributed by atoms with Gasteiger partial charge in [0.1, 0.15) is 0 Å². The maximum absolute atomic E-state index is 3.58. The second-order valence-electron chi connectivity index (χ2n) is 4.27. The highest BCUT2D eigenvalue weighted by Crippen LogP contribution is 2.24. The molecule has 0 bridgehead atoms. The molecule has 0 saturated heterocycles. The van der Waals surface area contributed by atoms with Crippen LogP contribution in [0.25, 0.3) is 0 Å². The lowest BCUT2D eigenvalue weighted by Gasteiger charge is -2.27. The zero-order valence-corrected chi connectivity index (χ0v) is 9.14. The molecule has 0 aromatic heterocycles. The first kappa shape index (κ1) is 9.57. The molecule has 1 aliphatic carbocycles. The van der Waals surface area contributed by atoms with Crippen molar-refractivity contribution in [3.05, 3.63) is 29.3 Å². The smallest absolute Gasteiger partial charge is 0.0345 e. The van der Waals surface area contributed by atoms with Gasteiger partial charge in [-0.25, -0.2) is 0 Å². The molecule has 1 fully saturated rings. The van der Waals surface area contributed by atoms with Crippen molar-refractivity contribution in [1.82, 2.24) is 0 Å². The third-order valence-corrected chi connectivity index (χ3v) is 3.21. The van der Waals surface area contributed by atoms with Crippen molar-refractivity contribution in [3.8, 4) is 0 Å². The van der Waals surface area contributed by atoms with Crippen LogP contribution in [0.1, 0.15) is 37.3 Å². The summed E-state index contributed by atoms with van der Waals surface area (Å²) in [5, 5.41) is 3.58. The van der Waals surface area contributed by atoms with Crippen LogP contribution in [0, 0.1) is 6.92 Å². The van der Waals surface area contributed by atoms with Crippen LogP contribution in [-0.4, -0.2) is 6.04 Å². The quantitative estimate of drug-likeness (QED) is 0.767. The molecule has 14 heavy (non-hydrogen) atoms. The summed E-state index contributed by atoms with van der Waals surface area (Å²) < 4.78 is 0. The monoisotopic (exact) mass is 189 g/mol. The van der Waals surface area contributed by atoms with E-state index in [4.69, 9.17) is 0 Å². The van der Waals surface area contributed by atoms with Crippen molar-refractivity contribution in [1.29, 1.82) is 0 Å². The van der Waals surface area contributed by atoms with Crippen molar-refractivity contribution < 1.29 is 0 Å². The van der Waals surface area contributed by atoms with Gasteiger partial charge in [0, 0.05) is 11.7 Å². The number of aryl methyl sites for hydroxylation is 2. The van der Waals surface area contributed by atoms with Crippen molar-refractivity contribution >= 4 is 5.69 Å². The summed E-state index contributed by atoms with van der Waals surface area (Å²) in [5.74, 6) is 0. The van der Waals surface area contributed by atoms with E-state index in [-0.39, 0.29) is 0 Å². The summed E-state index contributed by atoms with van der Waals surface area (Å²) in [4.78, 5) is 0. The fraction of sp³-hybridized carbons (Fsp3) is 0.538. The first-order valence-corrected chi connectivity index (χ1v) is 5.65. The summed E-state index contributed by atoms with van der Waals surface area (Å²) in [6.07, 6.45) is 5.21. The normalized spacial score (nSPS) is 16.4. The molecule has 1 heteroatoms. The Kier molecular flexibility index (Phi) is 2.76. The summed E-state index contributed by atoms with van der Waals surface area (Å²) >= 11 is 0. The average molecular weight is 189 g/mol. The van der Waals surface area contributed by atoms with Gasteiger partial charge in [-0.1, -0.05) is 13.0 Å². The fourth-order valence-corrected chi connectivity index (χ4v) is 1.93. The van der Waals surface area contributed by atoms with Crippen LogP contribution in [0.2, 0.25) is 0 Å². The Bertz CT molecular complexity index is 313. The van der Waals surface area contributed by atoms with Crippen molar-refractivity contribution in [3.63, 3.8) is 0 Å². The maximum Gasteiger partial charge on any atom is 0.0345 e. The molecular formula is C13H19N. The topological polar surface area (TPSA) is 12.0 Å². The minimum atomic E-state index is 0.738. The Morgan fingerprint density at radius 1 is 1.36 bits per heavy atom. The van der Waals surface area contributed by atoms with Gasteiger partial charge in [0.15, 0.2) is 0 Å². The maximum atomic E-state index is 3.58. The molecule has 0 aliphatic heterocycles. The number of hydrogen-bond acceptors (Lipinski definition) is 1. The van der Waals surface area contributed by atoms with E-state index in [2.05, 4.69) is 37.4 Å². The van der Waals surface area contributed by atoms with E-state index in [1.165, 1.54) is 36.1 Å². The molecule has 1 N–H and O–H groups in total. The van der Waals surface area contributed by atoms with Gasteiger partial charge in [-0.2, -0.15) is 0 Å². The molecule has 2 rings (SSSR count). The average Bonchev–Trinajstić information content (AvgIpc) is 2.14. The first-order valence-electron chi connectivity index (χ1n) is 5.65. The molecule has 0 atom stereocenters. The second-order valence-corrected chi connectivity index (χ2v) is 4.27. The van der Waals surface area contributed by atoms with Crippen molar-refractivity contribution in [2.45, 2.75) is 45.6 Å². The predicted octanol–water partition coefficient (Wildman–Crippen LogP) is 3.52. The lowest BCUT2D eigenvalue weighted by Crippen LogP contribution is -2.26. The lowest BCUT2D eigenvalue weighted by atomic mass is 9.92. The van der Waals surface area contributed by atoms with Crippen LogP contribution < -0.4 is 5.32 Å². The molecule has 0 unspecified atom stereocenters. The standard InChI is InChI=1S/C13H19N/c1-3-11-9-13(8-7-10(11)2)14-12-5-4-6-12/h7-9,12,14H,3-6H2,1-2H3. The van der Waals surface area contributed by atoms with Crippen molar-refractivity contribution in [2.75, 3.05) is 5.32 Å². The van der Waals surface area contributed by atoms with E-state index in [0.29, 0.717) is 0 Å². The zero-order chi connectivity index (χ0) is 9.97. The molecule has 0 spiro atoms. The second kappa shape index (κ2) is 4.04. The van der Waals surface area contributed by atoms with Gasteiger partial charge in [-0.05, 0) is 55.9 Å². The van der Waals surface area contributed by atoms with E-state index < -0.39 is 0 Å². The Labute approximate surface area is 86.5 Å². The van der Waals surface area contributed by atoms with E-state index in [0.717, 1.165) is 12.5 Å². The Hall–Kier alpha value is -0.980. The van der Waals surface area contributed by atoms with Gasteiger partial charge >= 0.3 is 0 Å². The summed E-state index contributed by atoms with van der Waals surface area (Å²) in [7, 11) is 0. The molecule has 0 radical (unpaired) electrons. The summed E-state index contributed by atoms with van der Waals surface area (Å²) in [6.45, 7) is 4.40. The van der Waals surface area contributed by atoms with Crippen molar-refractivity contribution in [2.24, 2.45) is 0 Å². The Morgan fingerprint density at radius 2 is 2.14 bits per heavy atom. The van der Waals surface area contributed by atoms with Gasteiger partial charge in [0.25, 0.3) is 0 Å². The van der Waals surface area contributed by atoms with E-state index in [9.17, 15) is 0 Å². The molecule has 1 aromatic rings. The van der Waals surface area contributed by atoms with Gasteiger partial charge < -0.3 is 5.32 Å². The number of nitrogens with one attached hydrogen (secondary N) is 1. The van der Waals surface area contributed by atoms with E-state index in [1.807, 2.05) is 0 Å². The van der Waals surface area contributed by atoms with Crippen LogP contribution in [-0.2, 0) is 6.42 Å². The summed E-state index contributed by atoms with van der Waals surface area (Å²) in [5.41, 5.74) is 4.18. The Balaban J connectivity index is 2.09. The number of hydrogen-bond donors (Lipinski definition) is 1. The zero-order valence-electron chi connectivity index (χ0n) is 9.14. The molecule has 1 nitrogen and oxygen atoms in total. The third kappa shape index (κ3) is 1.92. The first-order chi connectivity index (χ1) is 6.79. The summed E-state index contributed by atoms with van der Waals surface area (Å²) in [6, 6.07) is 7.46. The van der Waals surface area contributed by atoms with Gasteiger partial charge in [0.05, 0.1) is 0 Å². The van der Waals surface area contributed by atoms with E-state index >= 15 is 0 Å². The Morgan fingerprint density at radius 3 is 2.71 bits per heavy atom. The predicted molar refractivity (Wildman–Crippen MR) is 61.8 cm³/mol. The molecule has 76 valence electrons. The highest BCUT2D eigenvalue weighted by atomic mass is 14.9. The molecule has 1 aromatic carbocycles. The van der Waals surface area contributed by atoms with Crippen LogP contribution in [0.15, 0.2) is 18.2 Å². The highest BCUT2D eigenvalue weighted by molar-refractivity contribution is 5.49. The van der Waals surface area contributed by atoms with E-state index in [1.54, 1.807) is 0 Å². The molecule has 1 aliphatic rings. The number of benzene rings is 1. The fourth-order valence-electron chi connectivity index (χ4n) is 1.93. The van der Waals surface area contributed by atoms with Crippen LogP contribution in [0.5, 0.6) is 0 Å². The molecule has 0 heterocycles. The van der Waals surface area contributed by atoms with Crippen LogP contribution in [0.4, 0.5) is 5.69 Å². The van der Waals surface area contributed by atoms with Gasteiger partial charge in [-0.3, -0.25) is 0 Å². The minimum absolute atomic E-state index is 0.738. The van der Waals surface area contributed by atoms with Gasteiger partial charge in [0.2, 0.25) is 0 Å². The highest BCUT2D eigenvalue weighted by Gasteiger charge is 2.16. The van der Waals surface area contributed by atoms with Crippen LogP contribution >= 0.6 is 0 Å². The van der Waals surface area contributed by atoms with Gasteiger partial charge in [-0.15, -0.1) is 0 Å². The lowest BCUT2D eigenvalue weighted by molar-refractivity contribution is 0.445. The van der Waals surface area contributed by atoms with Crippen LogP contribution in [0.3, 0.4) is 0 Å². The molecule has 1 saturated carbocycles. The number of rotatable bonds is 3. The molecular weight excluding hydrogens is 170 g/mol. The number of anilines is 1. The molecule has 0 amide bonds. The minimum Gasteiger partial charge on any atom is -0.382 e. The SMILES string of the molecule is CCc1cc(NC2CCC2)ccc1C. The third-order valence-electron chi connectivity index (χ3n) is 3.21. The largest absolute Gasteiger partial charge is 0.382 e.